The molecule has 1 aromatic carbocycles. The highest BCUT2D eigenvalue weighted by atomic mass is 16.3. The first-order valence-corrected chi connectivity index (χ1v) is 7.81. The lowest BCUT2D eigenvalue weighted by Gasteiger charge is -2.31. The summed E-state index contributed by atoms with van der Waals surface area (Å²) in [6.07, 6.45) is 3.69. The van der Waals surface area contributed by atoms with Gasteiger partial charge in [0.25, 0.3) is 0 Å². The average molecular weight is 312 g/mol. The number of hydrogen-bond donors (Lipinski definition) is 1. The molecule has 2 aromatic rings. The summed E-state index contributed by atoms with van der Waals surface area (Å²) in [5.74, 6) is 0.776. The van der Waals surface area contributed by atoms with Crippen molar-refractivity contribution < 1.29 is 14.0 Å². The van der Waals surface area contributed by atoms with Crippen molar-refractivity contribution in [1.29, 1.82) is 0 Å². The second-order valence-electron chi connectivity index (χ2n) is 5.80. The molecule has 0 saturated carbocycles. The molecule has 120 valence electrons. The summed E-state index contributed by atoms with van der Waals surface area (Å²) in [5, 5.41) is 2.92. The minimum atomic E-state index is -0.348. The maximum Gasteiger partial charge on any atom is 0.243 e. The maximum absolute atomic E-state index is 12.3. The molecule has 1 unspecified atom stereocenters. The van der Waals surface area contributed by atoms with Crippen LogP contribution in [0.15, 0.2) is 47.1 Å². The van der Waals surface area contributed by atoms with E-state index < -0.39 is 0 Å². The highest BCUT2D eigenvalue weighted by Crippen LogP contribution is 2.20. The van der Waals surface area contributed by atoms with E-state index in [1.165, 1.54) is 0 Å². The lowest BCUT2D eigenvalue weighted by molar-refractivity contribution is -0.142. The van der Waals surface area contributed by atoms with Gasteiger partial charge < -0.3 is 14.6 Å². The van der Waals surface area contributed by atoms with E-state index in [0.717, 1.165) is 29.7 Å². The Kier molecular flexibility index (Phi) is 4.46. The fourth-order valence-corrected chi connectivity index (χ4v) is 2.83. The van der Waals surface area contributed by atoms with Crippen LogP contribution in [0.5, 0.6) is 0 Å². The predicted molar refractivity (Wildman–Crippen MR) is 86.4 cm³/mol. The van der Waals surface area contributed by atoms with E-state index >= 15 is 0 Å². The van der Waals surface area contributed by atoms with Crippen LogP contribution in [-0.4, -0.2) is 29.8 Å². The van der Waals surface area contributed by atoms with E-state index in [4.69, 9.17) is 4.42 Å². The standard InChI is InChI=1S/C18H20N2O3/c1-20-15(4-2-6-17(20)21)18(22)19-12-13-7-9-14(10-8-13)16-5-3-11-23-16/h3,5,7-11,15H,2,4,6,12H2,1H3,(H,19,22). The molecule has 2 heterocycles. The van der Waals surface area contributed by atoms with Crippen LogP contribution >= 0.6 is 0 Å². The zero-order valence-corrected chi connectivity index (χ0v) is 13.1. The fourth-order valence-electron chi connectivity index (χ4n) is 2.83. The number of likely N-dealkylation sites (tertiary alicyclic amines) is 1. The summed E-state index contributed by atoms with van der Waals surface area (Å²) >= 11 is 0. The fraction of sp³-hybridized carbons (Fsp3) is 0.333. The lowest BCUT2D eigenvalue weighted by Crippen LogP contribution is -2.49. The monoisotopic (exact) mass is 312 g/mol. The summed E-state index contributed by atoms with van der Waals surface area (Å²) in [6, 6.07) is 11.3. The molecular weight excluding hydrogens is 292 g/mol. The first-order chi connectivity index (χ1) is 11.1. The Labute approximate surface area is 135 Å². The van der Waals surface area contributed by atoms with E-state index in [-0.39, 0.29) is 17.9 Å². The van der Waals surface area contributed by atoms with Crippen LogP contribution in [0.3, 0.4) is 0 Å². The predicted octanol–water partition coefficient (Wildman–Crippen LogP) is 2.57. The molecule has 1 N–H and O–H groups in total. The summed E-state index contributed by atoms with van der Waals surface area (Å²) in [6.45, 7) is 0.454. The van der Waals surface area contributed by atoms with Gasteiger partial charge in [-0.2, -0.15) is 0 Å². The number of amides is 2. The molecule has 0 spiro atoms. The molecule has 5 nitrogen and oxygen atoms in total. The van der Waals surface area contributed by atoms with Gasteiger partial charge in [0.05, 0.1) is 6.26 Å². The van der Waals surface area contributed by atoms with Crippen molar-refractivity contribution in [2.75, 3.05) is 7.05 Å². The van der Waals surface area contributed by atoms with Crippen molar-refractivity contribution in [2.24, 2.45) is 0 Å². The number of nitrogens with zero attached hydrogens (tertiary/aromatic N) is 1. The first-order valence-electron chi connectivity index (χ1n) is 7.81. The number of carbonyl (C=O) groups is 2. The quantitative estimate of drug-likeness (QED) is 0.944. The van der Waals surface area contributed by atoms with Gasteiger partial charge in [0.15, 0.2) is 0 Å². The molecule has 23 heavy (non-hydrogen) atoms. The van der Waals surface area contributed by atoms with Crippen LogP contribution in [0, 0.1) is 0 Å². The Hall–Kier alpha value is -2.56. The van der Waals surface area contributed by atoms with Crippen molar-refractivity contribution in [3.63, 3.8) is 0 Å². The minimum absolute atomic E-state index is 0.0409. The third-order valence-corrected chi connectivity index (χ3v) is 4.26. The molecule has 2 amide bonds. The molecule has 3 rings (SSSR count). The number of furan rings is 1. The lowest BCUT2D eigenvalue weighted by atomic mass is 10.0. The largest absolute Gasteiger partial charge is 0.464 e. The number of rotatable bonds is 4. The summed E-state index contributed by atoms with van der Waals surface area (Å²) in [5.41, 5.74) is 2.01. The molecule has 1 atom stereocenters. The Morgan fingerprint density at radius 2 is 2.09 bits per heavy atom. The molecule has 1 saturated heterocycles. The molecule has 0 aliphatic carbocycles. The van der Waals surface area contributed by atoms with Crippen molar-refractivity contribution in [1.82, 2.24) is 10.2 Å². The van der Waals surface area contributed by atoms with Gasteiger partial charge in [-0.25, -0.2) is 0 Å². The average Bonchev–Trinajstić information content (AvgIpc) is 3.10. The van der Waals surface area contributed by atoms with Crippen LogP contribution in [0.1, 0.15) is 24.8 Å². The van der Waals surface area contributed by atoms with E-state index in [1.54, 1.807) is 18.2 Å². The molecule has 0 bridgehead atoms. The first kappa shape index (κ1) is 15.3. The number of carbonyl (C=O) groups excluding carboxylic acids is 2. The van der Waals surface area contributed by atoms with Gasteiger partial charge in [0, 0.05) is 25.6 Å². The van der Waals surface area contributed by atoms with E-state index in [0.29, 0.717) is 13.0 Å². The van der Waals surface area contributed by atoms with Crippen LogP contribution in [-0.2, 0) is 16.1 Å². The molecular formula is C18H20N2O3. The molecule has 5 heteroatoms. The minimum Gasteiger partial charge on any atom is -0.464 e. The second-order valence-corrected chi connectivity index (χ2v) is 5.80. The summed E-state index contributed by atoms with van der Waals surface area (Å²) in [4.78, 5) is 25.5. The molecule has 1 aliphatic rings. The van der Waals surface area contributed by atoms with Gasteiger partial charge in [-0.1, -0.05) is 24.3 Å². The van der Waals surface area contributed by atoms with Gasteiger partial charge in [-0.15, -0.1) is 0 Å². The molecule has 1 aromatic heterocycles. The second kappa shape index (κ2) is 6.69. The Morgan fingerprint density at radius 3 is 2.78 bits per heavy atom. The van der Waals surface area contributed by atoms with Crippen molar-refractivity contribution in [3.05, 3.63) is 48.2 Å². The van der Waals surface area contributed by atoms with Crippen molar-refractivity contribution in [2.45, 2.75) is 31.8 Å². The zero-order valence-electron chi connectivity index (χ0n) is 13.1. The number of likely N-dealkylation sites (N-methyl/N-ethyl adjacent to an activating group) is 1. The Morgan fingerprint density at radius 1 is 1.30 bits per heavy atom. The summed E-state index contributed by atoms with van der Waals surface area (Å²) in [7, 11) is 1.70. The van der Waals surface area contributed by atoms with Crippen LogP contribution < -0.4 is 5.32 Å². The number of benzene rings is 1. The van der Waals surface area contributed by atoms with Crippen LogP contribution in [0.4, 0.5) is 0 Å². The van der Waals surface area contributed by atoms with Crippen molar-refractivity contribution >= 4 is 11.8 Å². The summed E-state index contributed by atoms with van der Waals surface area (Å²) < 4.78 is 5.35. The highest BCUT2D eigenvalue weighted by Gasteiger charge is 2.29. The topological polar surface area (TPSA) is 62.6 Å². The van der Waals surface area contributed by atoms with Gasteiger partial charge in [0.1, 0.15) is 11.8 Å². The van der Waals surface area contributed by atoms with E-state index in [9.17, 15) is 9.59 Å². The van der Waals surface area contributed by atoms with E-state index in [2.05, 4.69) is 5.32 Å². The highest BCUT2D eigenvalue weighted by molar-refractivity contribution is 5.88. The normalized spacial score (nSPS) is 18.0. The Balaban J connectivity index is 1.57. The smallest absolute Gasteiger partial charge is 0.243 e. The number of nitrogens with one attached hydrogen (secondary N) is 1. The third-order valence-electron chi connectivity index (χ3n) is 4.26. The van der Waals surface area contributed by atoms with Gasteiger partial charge in [-0.3, -0.25) is 9.59 Å². The van der Waals surface area contributed by atoms with Crippen LogP contribution in [0.25, 0.3) is 11.3 Å². The third kappa shape index (κ3) is 3.44. The van der Waals surface area contributed by atoms with Crippen molar-refractivity contribution in [3.8, 4) is 11.3 Å². The molecule has 1 fully saturated rings. The Bertz CT molecular complexity index is 677. The molecule has 1 aliphatic heterocycles. The number of hydrogen-bond acceptors (Lipinski definition) is 3. The number of piperidine rings is 1. The molecule has 0 radical (unpaired) electrons. The van der Waals surface area contributed by atoms with Gasteiger partial charge in [0.2, 0.25) is 11.8 Å². The van der Waals surface area contributed by atoms with Gasteiger partial charge in [-0.05, 0) is 30.5 Å². The van der Waals surface area contributed by atoms with E-state index in [1.807, 2.05) is 36.4 Å². The maximum atomic E-state index is 12.3. The SMILES string of the molecule is CN1C(=O)CCCC1C(=O)NCc1ccc(-c2ccco2)cc1. The van der Waals surface area contributed by atoms with Gasteiger partial charge >= 0.3 is 0 Å². The zero-order chi connectivity index (χ0) is 16.2. The van der Waals surface area contributed by atoms with Crippen LogP contribution in [0.2, 0.25) is 0 Å².